The van der Waals surface area contributed by atoms with Crippen LogP contribution in [0.15, 0.2) is 54.6 Å². The number of methoxy groups -OCH3 is 1. The smallest absolute Gasteiger partial charge is 0.309 e. The van der Waals surface area contributed by atoms with Gasteiger partial charge < -0.3 is 35.0 Å². The molecule has 0 unspecified atom stereocenters. The van der Waals surface area contributed by atoms with Crippen LogP contribution in [0.4, 0.5) is 29.2 Å². The molecule has 0 bridgehead atoms. The summed E-state index contributed by atoms with van der Waals surface area (Å²) in [5.74, 6) is 0.979. The largest absolute Gasteiger partial charge is 0.469 e. The first-order chi connectivity index (χ1) is 18.5. The number of hydrogen-bond donors (Lipinski definition) is 3. The average molecular weight is 523 g/mol. The number of anilines is 5. The van der Waals surface area contributed by atoms with E-state index >= 15 is 0 Å². The number of benzene rings is 2. The number of esters is 1. The Morgan fingerprint density at radius 2 is 1.37 bits per heavy atom. The Bertz CT molecular complexity index is 1140. The molecule has 0 fully saturated rings. The van der Waals surface area contributed by atoms with E-state index in [0.29, 0.717) is 57.2 Å². The van der Waals surface area contributed by atoms with Crippen molar-refractivity contribution in [1.82, 2.24) is 15.0 Å². The summed E-state index contributed by atoms with van der Waals surface area (Å²) in [6.45, 7) is 3.98. The van der Waals surface area contributed by atoms with Gasteiger partial charge in [0, 0.05) is 30.9 Å². The number of Topliss-reactive ketones (excluding diaryl/α,β-unsaturated/α-hetero) is 1. The highest BCUT2D eigenvalue weighted by molar-refractivity contribution is 5.75. The van der Waals surface area contributed by atoms with Gasteiger partial charge in [-0.1, -0.05) is 30.3 Å². The van der Waals surface area contributed by atoms with Crippen LogP contribution in [0.1, 0.15) is 25.3 Å². The fraction of sp³-hybridized carbons (Fsp3) is 0.370. The molecule has 0 aliphatic rings. The molecule has 11 nitrogen and oxygen atoms in total. The minimum absolute atomic E-state index is 0.170. The fourth-order valence-electron chi connectivity index (χ4n) is 3.27. The first kappa shape index (κ1) is 28.5. The molecule has 1 aromatic heterocycles. The van der Waals surface area contributed by atoms with Gasteiger partial charge in [0.2, 0.25) is 17.8 Å². The molecule has 3 aromatic rings. The second-order valence-electron chi connectivity index (χ2n) is 8.33. The molecule has 0 atom stereocenters. The maximum Gasteiger partial charge on any atom is 0.309 e. The number of carbonyl (C=O) groups excluding carboxylic acids is 2. The van der Waals surface area contributed by atoms with Gasteiger partial charge in [-0.25, -0.2) is 0 Å². The molecule has 0 aliphatic heterocycles. The zero-order chi connectivity index (χ0) is 27.0. The highest BCUT2D eigenvalue weighted by atomic mass is 16.5. The van der Waals surface area contributed by atoms with Crippen LogP contribution in [0.2, 0.25) is 0 Å². The minimum atomic E-state index is -0.295. The molecule has 3 rings (SSSR count). The molecule has 0 aliphatic carbocycles. The highest BCUT2D eigenvalue weighted by Gasteiger charge is 2.09. The summed E-state index contributed by atoms with van der Waals surface area (Å²) in [5.41, 5.74) is 2.44. The van der Waals surface area contributed by atoms with Crippen molar-refractivity contribution in [3.05, 3.63) is 60.2 Å². The number of para-hydroxylation sites is 1. The molecule has 11 heteroatoms. The second-order valence-corrected chi connectivity index (χ2v) is 8.33. The van der Waals surface area contributed by atoms with E-state index in [2.05, 4.69) is 30.9 Å². The lowest BCUT2D eigenvalue weighted by atomic mass is 10.1. The van der Waals surface area contributed by atoms with Crippen LogP contribution >= 0.6 is 0 Å². The third kappa shape index (κ3) is 10.9. The van der Waals surface area contributed by atoms with Gasteiger partial charge in [0.15, 0.2) is 0 Å². The number of nitrogens with one attached hydrogen (secondary N) is 3. The van der Waals surface area contributed by atoms with Crippen molar-refractivity contribution in [1.29, 1.82) is 0 Å². The monoisotopic (exact) mass is 522 g/mol. The lowest BCUT2D eigenvalue weighted by Gasteiger charge is -2.12. The van der Waals surface area contributed by atoms with Gasteiger partial charge in [-0.3, -0.25) is 4.79 Å². The average Bonchev–Trinajstić information content (AvgIpc) is 2.91. The number of carbonyl (C=O) groups is 2. The Kier molecular flexibility index (Phi) is 11.9. The molecule has 0 amide bonds. The third-order valence-electron chi connectivity index (χ3n) is 5.17. The zero-order valence-electron chi connectivity index (χ0n) is 21.7. The molecule has 0 saturated heterocycles. The van der Waals surface area contributed by atoms with Crippen molar-refractivity contribution in [2.24, 2.45) is 0 Å². The van der Waals surface area contributed by atoms with E-state index in [1.807, 2.05) is 54.6 Å². The Hall–Kier alpha value is -4.09. The van der Waals surface area contributed by atoms with E-state index in [1.165, 1.54) is 7.11 Å². The number of aromatic nitrogens is 3. The SMILES string of the molecule is COC(=O)Cc1ccc(Nc2nc(NCCOCCOCCCC(C)=O)nc(Nc3ccccc3)n2)cc1. The molecule has 0 saturated carbocycles. The molecule has 0 radical (unpaired) electrons. The standard InChI is InChI=1S/C27H34N6O5/c1-20(34)7-6-15-37-17-18-38-16-14-28-25-31-26(29-22-8-4-3-5-9-22)33-27(32-25)30-23-12-10-21(11-13-23)19-24(35)36-2/h3-5,8-13H,6-7,14-19H2,1-2H3,(H3,28,29,30,31,32,33). The summed E-state index contributed by atoms with van der Waals surface area (Å²) in [6, 6.07) is 17.0. The van der Waals surface area contributed by atoms with Gasteiger partial charge in [-0.2, -0.15) is 15.0 Å². The van der Waals surface area contributed by atoms with Crippen molar-refractivity contribution >= 4 is 41.0 Å². The first-order valence-corrected chi connectivity index (χ1v) is 12.4. The van der Waals surface area contributed by atoms with Crippen LogP contribution in [-0.2, 0) is 30.2 Å². The lowest BCUT2D eigenvalue weighted by Crippen LogP contribution is -2.15. The van der Waals surface area contributed by atoms with Gasteiger partial charge >= 0.3 is 5.97 Å². The fourth-order valence-corrected chi connectivity index (χ4v) is 3.27. The molecule has 1 heterocycles. The van der Waals surface area contributed by atoms with Crippen molar-refractivity contribution in [3.8, 4) is 0 Å². The Morgan fingerprint density at radius 1 is 0.763 bits per heavy atom. The molecule has 202 valence electrons. The van der Waals surface area contributed by atoms with Gasteiger partial charge in [0.25, 0.3) is 0 Å². The predicted molar refractivity (Wildman–Crippen MR) is 145 cm³/mol. The normalized spacial score (nSPS) is 10.6. The number of nitrogens with zero attached hydrogens (tertiary/aromatic N) is 3. The van der Waals surface area contributed by atoms with E-state index in [0.717, 1.165) is 23.4 Å². The molecular formula is C27H34N6O5. The molecule has 38 heavy (non-hydrogen) atoms. The lowest BCUT2D eigenvalue weighted by molar-refractivity contribution is -0.139. The number of ketones is 1. The number of hydrogen-bond acceptors (Lipinski definition) is 11. The Morgan fingerprint density at radius 3 is 2.00 bits per heavy atom. The summed E-state index contributed by atoms with van der Waals surface area (Å²) in [5, 5.41) is 9.53. The molecule has 3 N–H and O–H groups in total. The third-order valence-corrected chi connectivity index (χ3v) is 5.17. The predicted octanol–water partition coefficient (Wildman–Crippen LogP) is 3.89. The topological polar surface area (TPSA) is 137 Å². The van der Waals surface area contributed by atoms with Crippen LogP contribution in [0.25, 0.3) is 0 Å². The van der Waals surface area contributed by atoms with Crippen molar-refractivity contribution in [3.63, 3.8) is 0 Å². The number of rotatable bonds is 17. The first-order valence-electron chi connectivity index (χ1n) is 12.4. The van der Waals surface area contributed by atoms with Crippen LogP contribution in [-0.4, -0.2) is 66.8 Å². The zero-order valence-corrected chi connectivity index (χ0v) is 21.7. The van der Waals surface area contributed by atoms with Crippen molar-refractivity contribution in [2.45, 2.75) is 26.2 Å². The summed E-state index contributed by atoms with van der Waals surface area (Å²) in [7, 11) is 1.37. The Balaban J connectivity index is 1.55. The molecule has 0 spiro atoms. The van der Waals surface area contributed by atoms with Crippen LogP contribution in [0.3, 0.4) is 0 Å². The van der Waals surface area contributed by atoms with Gasteiger partial charge in [-0.05, 0) is 43.2 Å². The highest BCUT2D eigenvalue weighted by Crippen LogP contribution is 2.19. The van der Waals surface area contributed by atoms with Gasteiger partial charge in [0.1, 0.15) is 5.78 Å². The Labute approximate surface area is 222 Å². The summed E-state index contributed by atoms with van der Waals surface area (Å²) < 4.78 is 15.8. The maximum absolute atomic E-state index is 11.5. The molecule has 2 aromatic carbocycles. The van der Waals surface area contributed by atoms with E-state index in [-0.39, 0.29) is 18.2 Å². The van der Waals surface area contributed by atoms with E-state index < -0.39 is 0 Å². The second kappa shape index (κ2) is 15.9. The van der Waals surface area contributed by atoms with Crippen LogP contribution in [0.5, 0.6) is 0 Å². The maximum atomic E-state index is 11.5. The number of ether oxygens (including phenoxy) is 3. The van der Waals surface area contributed by atoms with Gasteiger partial charge in [0.05, 0.1) is 33.4 Å². The van der Waals surface area contributed by atoms with E-state index in [1.54, 1.807) is 6.92 Å². The summed E-state index contributed by atoms with van der Waals surface area (Å²) in [6.07, 6.45) is 1.47. The van der Waals surface area contributed by atoms with Crippen LogP contribution < -0.4 is 16.0 Å². The minimum Gasteiger partial charge on any atom is -0.469 e. The van der Waals surface area contributed by atoms with Crippen LogP contribution in [0, 0.1) is 0 Å². The van der Waals surface area contributed by atoms with E-state index in [4.69, 9.17) is 14.2 Å². The van der Waals surface area contributed by atoms with Crippen molar-refractivity contribution < 1.29 is 23.8 Å². The van der Waals surface area contributed by atoms with Gasteiger partial charge in [-0.15, -0.1) is 0 Å². The summed E-state index contributed by atoms with van der Waals surface area (Å²) >= 11 is 0. The molecular weight excluding hydrogens is 488 g/mol. The van der Waals surface area contributed by atoms with E-state index in [9.17, 15) is 9.59 Å². The summed E-state index contributed by atoms with van der Waals surface area (Å²) in [4.78, 5) is 35.8. The van der Waals surface area contributed by atoms with Crippen molar-refractivity contribution in [2.75, 3.05) is 56.0 Å². The quantitative estimate of drug-likeness (QED) is 0.176.